The summed E-state index contributed by atoms with van der Waals surface area (Å²) in [6.07, 6.45) is 2.23. The second kappa shape index (κ2) is 6.15. The normalized spacial score (nSPS) is 22.2. The van der Waals surface area contributed by atoms with Crippen molar-refractivity contribution >= 4 is 6.01 Å². The summed E-state index contributed by atoms with van der Waals surface area (Å²) in [6.45, 7) is 6.01. The van der Waals surface area contributed by atoms with E-state index in [2.05, 4.69) is 39.3 Å². The second-order valence-electron chi connectivity index (χ2n) is 4.88. The molecule has 1 aliphatic heterocycles. The minimum atomic E-state index is 0.459. The number of nitrogens with one attached hydrogen (secondary N) is 1. The number of anilines is 1. The van der Waals surface area contributed by atoms with E-state index in [1.165, 1.54) is 0 Å². The minimum Gasteiger partial charge on any atom is -0.407 e. The van der Waals surface area contributed by atoms with Gasteiger partial charge in [-0.3, -0.25) is 0 Å². The monoisotopic (exact) mass is 253 g/mol. The zero-order valence-electron chi connectivity index (χ0n) is 11.5. The molecule has 1 N–H and O–H groups in total. The van der Waals surface area contributed by atoms with E-state index < -0.39 is 0 Å². The molecule has 0 amide bonds. The summed E-state index contributed by atoms with van der Waals surface area (Å²) < 4.78 is 5.71. The van der Waals surface area contributed by atoms with E-state index in [0.717, 1.165) is 32.5 Å². The van der Waals surface area contributed by atoms with Crippen LogP contribution >= 0.6 is 0 Å². The van der Waals surface area contributed by atoms with Crippen LogP contribution in [-0.2, 0) is 6.54 Å². The molecular weight excluding hydrogens is 230 g/mol. The van der Waals surface area contributed by atoms with Gasteiger partial charge in [0.15, 0.2) is 0 Å². The van der Waals surface area contributed by atoms with Crippen molar-refractivity contribution in [3.63, 3.8) is 0 Å². The molecule has 1 fully saturated rings. The third-order valence-corrected chi connectivity index (χ3v) is 3.40. The van der Waals surface area contributed by atoms with Gasteiger partial charge in [-0.15, -0.1) is 5.10 Å². The van der Waals surface area contributed by atoms with Crippen molar-refractivity contribution in [3.8, 4) is 0 Å². The van der Waals surface area contributed by atoms with Gasteiger partial charge in [0, 0.05) is 19.1 Å². The molecule has 0 bridgehead atoms. The molecule has 1 atom stereocenters. The molecule has 1 saturated heterocycles. The number of likely N-dealkylation sites (N-methyl/N-ethyl adjacent to an activating group) is 1. The third-order valence-electron chi connectivity index (χ3n) is 3.40. The molecule has 2 heterocycles. The minimum absolute atomic E-state index is 0.459. The molecule has 102 valence electrons. The van der Waals surface area contributed by atoms with Crippen LogP contribution in [0.15, 0.2) is 4.42 Å². The first-order valence-corrected chi connectivity index (χ1v) is 6.66. The Hall–Kier alpha value is -1.14. The van der Waals surface area contributed by atoms with Gasteiger partial charge in [0.05, 0.1) is 6.54 Å². The molecule has 1 unspecified atom stereocenters. The number of rotatable bonds is 4. The van der Waals surface area contributed by atoms with Crippen LogP contribution in [-0.4, -0.2) is 54.9 Å². The highest BCUT2D eigenvalue weighted by Gasteiger charge is 2.25. The predicted molar refractivity (Wildman–Crippen MR) is 70.6 cm³/mol. The van der Waals surface area contributed by atoms with Crippen LogP contribution in [0.25, 0.3) is 0 Å². The van der Waals surface area contributed by atoms with Crippen molar-refractivity contribution in [2.24, 2.45) is 0 Å². The summed E-state index contributed by atoms with van der Waals surface area (Å²) in [4.78, 5) is 4.63. The average Bonchev–Trinajstić information content (AvgIpc) is 2.72. The van der Waals surface area contributed by atoms with Crippen molar-refractivity contribution in [1.82, 2.24) is 20.4 Å². The number of nitrogens with zero attached hydrogens (tertiary/aromatic N) is 4. The number of hydrogen-bond donors (Lipinski definition) is 1. The van der Waals surface area contributed by atoms with Gasteiger partial charge < -0.3 is 19.5 Å². The van der Waals surface area contributed by atoms with Crippen molar-refractivity contribution in [2.75, 3.05) is 38.6 Å². The van der Waals surface area contributed by atoms with E-state index in [1.54, 1.807) is 0 Å². The zero-order valence-corrected chi connectivity index (χ0v) is 11.5. The highest BCUT2D eigenvalue weighted by Crippen LogP contribution is 2.20. The number of aromatic nitrogens is 2. The van der Waals surface area contributed by atoms with Gasteiger partial charge in [-0.25, -0.2) is 0 Å². The maximum absolute atomic E-state index is 5.71. The summed E-state index contributed by atoms with van der Waals surface area (Å²) in [5, 5.41) is 11.3. The van der Waals surface area contributed by atoms with Crippen LogP contribution in [0.4, 0.5) is 6.01 Å². The lowest BCUT2D eigenvalue weighted by molar-refractivity contribution is 0.324. The lowest BCUT2D eigenvalue weighted by Crippen LogP contribution is -2.40. The van der Waals surface area contributed by atoms with E-state index in [9.17, 15) is 0 Å². The fraction of sp³-hybridized carbons (Fsp3) is 0.833. The largest absolute Gasteiger partial charge is 0.407 e. The second-order valence-corrected chi connectivity index (χ2v) is 4.88. The molecule has 6 heteroatoms. The van der Waals surface area contributed by atoms with Gasteiger partial charge in [-0.05, 0) is 33.5 Å². The Bertz CT molecular complexity index is 367. The first kappa shape index (κ1) is 13.3. The Morgan fingerprint density at radius 2 is 2.22 bits per heavy atom. The molecule has 0 aliphatic carbocycles. The molecule has 0 spiro atoms. The molecule has 1 aromatic heterocycles. The van der Waals surface area contributed by atoms with Gasteiger partial charge in [-0.2, -0.15) is 0 Å². The molecule has 0 radical (unpaired) electrons. The van der Waals surface area contributed by atoms with Crippen molar-refractivity contribution in [3.05, 3.63) is 5.89 Å². The van der Waals surface area contributed by atoms with Gasteiger partial charge in [0.25, 0.3) is 0 Å². The average molecular weight is 253 g/mol. The molecular formula is C12H23N5O. The summed E-state index contributed by atoms with van der Waals surface area (Å²) in [7, 11) is 4.05. The van der Waals surface area contributed by atoms with Crippen LogP contribution in [0.3, 0.4) is 0 Å². The molecule has 6 nitrogen and oxygen atoms in total. The number of hydrogen-bond acceptors (Lipinski definition) is 6. The maximum Gasteiger partial charge on any atom is 0.318 e. The maximum atomic E-state index is 5.71. The lowest BCUT2D eigenvalue weighted by atomic mass is 10.2. The molecule has 0 aromatic carbocycles. The van der Waals surface area contributed by atoms with E-state index >= 15 is 0 Å². The van der Waals surface area contributed by atoms with Crippen LogP contribution in [0.1, 0.15) is 25.7 Å². The highest BCUT2D eigenvalue weighted by atomic mass is 16.4. The highest BCUT2D eigenvalue weighted by molar-refractivity contribution is 5.27. The van der Waals surface area contributed by atoms with E-state index in [4.69, 9.17) is 4.42 Å². The summed E-state index contributed by atoms with van der Waals surface area (Å²) in [5.41, 5.74) is 0. The SMILES string of the molecule is CCC1CN(C)CCCN1c1nnc(CNC)o1. The Labute approximate surface area is 108 Å². The Morgan fingerprint density at radius 3 is 2.94 bits per heavy atom. The van der Waals surface area contributed by atoms with Gasteiger partial charge in [0.1, 0.15) is 0 Å². The topological polar surface area (TPSA) is 57.4 Å². The first-order valence-electron chi connectivity index (χ1n) is 6.66. The quantitative estimate of drug-likeness (QED) is 0.853. The Balaban J connectivity index is 2.12. The van der Waals surface area contributed by atoms with Crippen molar-refractivity contribution in [1.29, 1.82) is 0 Å². The van der Waals surface area contributed by atoms with E-state index in [-0.39, 0.29) is 0 Å². The van der Waals surface area contributed by atoms with Crippen LogP contribution in [0.5, 0.6) is 0 Å². The zero-order chi connectivity index (χ0) is 13.0. The van der Waals surface area contributed by atoms with Crippen LogP contribution in [0.2, 0.25) is 0 Å². The molecule has 2 rings (SSSR count). The molecule has 0 saturated carbocycles. The lowest BCUT2D eigenvalue weighted by Gasteiger charge is -2.28. The standard InChI is InChI=1S/C12H23N5O/c1-4-10-9-16(3)6-5-7-17(10)12-15-14-11(18-12)8-13-2/h10,13H,4-9H2,1-3H3. The summed E-state index contributed by atoms with van der Waals surface area (Å²) >= 11 is 0. The van der Waals surface area contributed by atoms with Gasteiger partial charge in [0.2, 0.25) is 5.89 Å². The Kier molecular flexibility index (Phi) is 4.54. The predicted octanol–water partition coefficient (Wildman–Crippen LogP) is 0.710. The molecule has 1 aromatic rings. The van der Waals surface area contributed by atoms with Crippen LogP contribution < -0.4 is 10.2 Å². The van der Waals surface area contributed by atoms with Crippen molar-refractivity contribution in [2.45, 2.75) is 32.4 Å². The van der Waals surface area contributed by atoms with E-state index in [0.29, 0.717) is 24.5 Å². The summed E-state index contributed by atoms with van der Waals surface area (Å²) in [6, 6.07) is 1.13. The Morgan fingerprint density at radius 1 is 1.39 bits per heavy atom. The van der Waals surface area contributed by atoms with Crippen molar-refractivity contribution < 1.29 is 4.42 Å². The van der Waals surface area contributed by atoms with Gasteiger partial charge >= 0.3 is 6.01 Å². The first-order chi connectivity index (χ1) is 8.74. The van der Waals surface area contributed by atoms with Crippen LogP contribution in [0, 0.1) is 0 Å². The smallest absolute Gasteiger partial charge is 0.318 e. The third kappa shape index (κ3) is 3.00. The fourth-order valence-electron chi connectivity index (χ4n) is 2.43. The van der Waals surface area contributed by atoms with Gasteiger partial charge in [-0.1, -0.05) is 12.0 Å². The fourth-order valence-corrected chi connectivity index (χ4v) is 2.43. The molecule has 18 heavy (non-hydrogen) atoms. The summed E-state index contributed by atoms with van der Waals surface area (Å²) in [5.74, 6) is 0.653. The van der Waals surface area contributed by atoms with E-state index in [1.807, 2.05) is 7.05 Å². The molecule has 1 aliphatic rings.